The van der Waals surface area contributed by atoms with Gasteiger partial charge in [0, 0.05) is 30.5 Å². The van der Waals surface area contributed by atoms with Crippen molar-refractivity contribution in [3.05, 3.63) is 25.3 Å². The van der Waals surface area contributed by atoms with Crippen LogP contribution in [0.2, 0.25) is 0 Å². The van der Waals surface area contributed by atoms with Crippen LogP contribution < -0.4 is 0 Å². The molecule has 2 amide bonds. The summed E-state index contributed by atoms with van der Waals surface area (Å²) in [6, 6.07) is -0.638. The van der Waals surface area contributed by atoms with E-state index in [0.29, 0.717) is 26.1 Å². The average molecular weight is 591 g/mol. The van der Waals surface area contributed by atoms with Crippen molar-refractivity contribution < 1.29 is 24.2 Å². The zero-order chi connectivity index (χ0) is 30.6. The molecular formula is C33H54N2O5S. The molecule has 0 aromatic carbocycles. The number of carbonyl (C=O) groups is 3. The minimum Gasteiger partial charge on any atom is -0.465 e. The number of unbranched alkanes of at least 4 members (excludes halogenated alkanes) is 4. The number of ether oxygens (including phenoxy) is 1. The fourth-order valence-electron chi connectivity index (χ4n) is 7.86. The highest BCUT2D eigenvalue weighted by atomic mass is 32.2. The zero-order valence-electron chi connectivity index (χ0n) is 26.3. The van der Waals surface area contributed by atoms with E-state index in [9.17, 15) is 19.5 Å². The second-order valence-corrected chi connectivity index (χ2v) is 15.7. The molecule has 3 saturated heterocycles. The van der Waals surface area contributed by atoms with Gasteiger partial charge < -0.3 is 19.6 Å². The number of fused-ring (bicyclic) bond motifs is 1. The summed E-state index contributed by atoms with van der Waals surface area (Å²) in [5, 5.41) is 9.18. The van der Waals surface area contributed by atoms with E-state index >= 15 is 0 Å². The summed E-state index contributed by atoms with van der Waals surface area (Å²) in [6.45, 7) is 22.0. The van der Waals surface area contributed by atoms with E-state index in [2.05, 4.69) is 54.7 Å². The lowest BCUT2D eigenvalue weighted by atomic mass is 9.66. The van der Waals surface area contributed by atoms with Crippen LogP contribution in [0.1, 0.15) is 92.9 Å². The van der Waals surface area contributed by atoms with Crippen molar-refractivity contribution in [3.63, 3.8) is 0 Å². The van der Waals surface area contributed by atoms with Gasteiger partial charge in [0.2, 0.25) is 11.8 Å². The average Bonchev–Trinajstić information content (AvgIpc) is 3.46. The van der Waals surface area contributed by atoms with Crippen LogP contribution in [0.15, 0.2) is 25.3 Å². The summed E-state index contributed by atoms with van der Waals surface area (Å²) >= 11 is 1.70. The first-order chi connectivity index (χ1) is 19.3. The van der Waals surface area contributed by atoms with Gasteiger partial charge in [-0.05, 0) is 63.7 Å². The molecule has 3 fully saturated rings. The first-order valence-corrected chi connectivity index (χ1v) is 16.4. The number of aliphatic hydroxyl groups is 1. The summed E-state index contributed by atoms with van der Waals surface area (Å²) < 4.78 is 5.06. The fourth-order valence-corrected chi connectivity index (χ4v) is 10.3. The summed E-state index contributed by atoms with van der Waals surface area (Å²) in [5.41, 5.74) is -0.460. The van der Waals surface area contributed by atoms with Gasteiger partial charge in [-0.25, -0.2) is 0 Å². The van der Waals surface area contributed by atoms with Crippen LogP contribution >= 0.6 is 11.8 Å². The molecule has 3 aliphatic rings. The van der Waals surface area contributed by atoms with Gasteiger partial charge in [0.25, 0.3) is 0 Å². The number of esters is 1. The number of allylic oxidation sites excluding steroid dienone is 1. The zero-order valence-corrected chi connectivity index (χ0v) is 27.1. The quantitative estimate of drug-likeness (QED) is 0.143. The largest absolute Gasteiger partial charge is 0.465 e. The Morgan fingerprint density at radius 2 is 1.80 bits per heavy atom. The molecule has 232 valence electrons. The number of likely N-dealkylation sites (tertiary alicyclic amines) is 1. The molecule has 0 aliphatic carbocycles. The maximum Gasteiger partial charge on any atom is 0.310 e. The molecule has 2 bridgehead atoms. The molecular weight excluding hydrogens is 536 g/mol. The molecule has 3 unspecified atom stereocenters. The maximum atomic E-state index is 14.9. The van der Waals surface area contributed by atoms with Crippen LogP contribution in [0.25, 0.3) is 0 Å². The first-order valence-electron chi connectivity index (χ1n) is 15.6. The SMILES string of the molecule is C=CCCCOC(=O)[C@@H]1[C@H]2C(=O)N(CCCCCCO)C(C(=O)N(CC=C)C(C)(C)CC(C)(C)C)C23S[C@@H]1CC3C. The Bertz CT molecular complexity index is 975. The molecule has 41 heavy (non-hydrogen) atoms. The van der Waals surface area contributed by atoms with Crippen molar-refractivity contribution in [1.82, 2.24) is 9.80 Å². The number of nitrogens with zero attached hydrogens (tertiary/aromatic N) is 2. The molecule has 0 radical (unpaired) electrons. The Morgan fingerprint density at radius 1 is 1.12 bits per heavy atom. The lowest BCUT2D eigenvalue weighted by Crippen LogP contribution is -2.61. The Morgan fingerprint density at radius 3 is 2.41 bits per heavy atom. The second kappa shape index (κ2) is 13.7. The van der Waals surface area contributed by atoms with Crippen molar-refractivity contribution in [3.8, 4) is 0 Å². The van der Waals surface area contributed by atoms with E-state index < -0.39 is 28.2 Å². The lowest BCUT2D eigenvalue weighted by molar-refractivity contribution is -0.154. The van der Waals surface area contributed by atoms with Gasteiger partial charge >= 0.3 is 5.97 Å². The molecule has 0 aromatic heterocycles. The number of aliphatic hydroxyl groups excluding tert-OH is 1. The summed E-state index contributed by atoms with van der Waals surface area (Å²) in [5.74, 6) is -1.39. The van der Waals surface area contributed by atoms with E-state index in [1.165, 1.54) is 0 Å². The Kier molecular flexibility index (Phi) is 11.2. The Hall–Kier alpha value is -1.80. The van der Waals surface area contributed by atoms with Gasteiger partial charge in [-0.3, -0.25) is 14.4 Å². The van der Waals surface area contributed by atoms with E-state index in [0.717, 1.165) is 44.9 Å². The highest BCUT2D eigenvalue weighted by Crippen LogP contribution is 2.69. The fraction of sp³-hybridized carbons (Fsp3) is 0.788. The molecule has 6 atom stereocenters. The van der Waals surface area contributed by atoms with Gasteiger partial charge in [0.15, 0.2) is 0 Å². The predicted molar refractivity (Wildman–Crippen MR) is 166 cm³/mol. The monoisotopic (exact) mass is 590 g/mol. The van der Waals surface area contributed by atoms with Gasteiger partial charge in [-0.15, -0.1) is 24.9 Å². The number of hydrogen-bond acceptors (Lipinski definition) is 6. The molecule has 3 aliphatic heterocycles. The molecule has 1 spiro atoms. The molecule has 3 heterocycles. The van der Waals surface area contributed by atoms with Crippen LogP contribution in [-0.2, 0) is 19.1 Å². The van der Waals surface area contributed by atoms with Gasteiger partial charge in [-0.1, -0.05) is 52.7 Å². The standard InChI is InChI=1S/C33H54N2O5S/c1-9-11-16-20-40-30(39)25-24-21-23(3)33(41-24)26(25)28(37)34(18-14-12-13-15-19-36)27(33)29(38)35(17-10-2)32(7,8)22-31(4,5)6/h9-10,23-27,36H,1-2,11-22H2,3-8H3/t23?,24-,25+,26+,27?,33?/m1/s1. The highest BCUT2D eigenvalue weighted by Gasteiger charge is 2.76. The molecule has 1 N–H and O–H groups in total. The van der Waals surface area contributed by atoms with Crippen LogP contribution in [0.4, 0.5) is 0 Å². The van der Waals surface area contributed by atoms with Crippen molar-refractivity contribution in [1.29, 1.82) is 0 Å². The number of thioether (sulfide) groups is 1. The Balaban J connectivity index is 2.01. The second-order valence-electron chi connectivity index (χ2n) is 14.1. The lowest BCUT2D eigenvalue weighted by Gasteiger charge is -2.46. The summed E-state index contributed by atoms with van der Waals surface area (Å²) in [6.07, 6.45) is 9.88. The van der Waals surface area contributed by atoms with Crippen molar-refractivity contribution in [2.24, 2.45) is 23.2 Å². The van der Waals surface area contributed by atoms with Crippen LogP contribution in [-0.4, -0.2) is 80.6 Å². The third-order valence-corrected chi connectivity index (χ3v) is 11.2. The normalized spacial score (nSPS) is 29.0. The topological polar surface area (TPSA) is 87.1 Å². The molecule has 3 rings (SSSR count). The van der Waals surface area contributed by atoms with Crippen LogP contribution in [0.5, 0.6) is 0 Å². The third-order valence-electron chi connectivity index (χ3n) is 9.13. The molecule has 8 heteroatoms. The smallest absolute Gasteiger partial charge is 0.310 e. The van der Waals surface area contributed by atoms with Gasteiger partial charge in [0.1, 0.15) is 6.04 Å². The first kappa shape index (κ1) is 33.7. The van der Waals surface area contributed by atoms with E-state index in [1.807, 2.05) is 15.9 Å². The number of hydrogen-bond donors (Lipinski definition) is 1. The van der Waals surface area contributed by atoms with Crippen molar-refractivity contribution in [2.45, 2.75) is 114 Å². The van der Waals surface area contributed by atoms with Crippen molar-refractivity contribution in [2.75, 3.05) is 26.3 Å². The number of carbonyl (C=O) groups excluding carboxylic acids is 3. The summed E-state index contributed by atoms with van der Waals surface area (Å²) in [7, 11) is 0. The van der Waals surface area contributed by atoms with Crippen LogP contribution in [0, 0.1) is 23.2 Å². The minimum absolute atomic E-state index is 0.00375. The minimum atomic E-state index is -0.661. The molecule has 7 nitrogen and oxygen atoms in total. The van der Waals surface area contributed by atoms with E-state index in [-0.39, 0.29) is 41.0 Å². The number of rotatable bonds is 16. The third kappa shape index (κ3) is 6.90. The van der Waals surface area contributed by atoms with E-state index in [4.69, 9.17) is 4.74 Å². The van der Waals surface area contributed by atoms with Gasteiger partial charge in [-0.2, -0.15) is 0 Å². The van der Waals surface area contributed by atoms with E-state index in [1.54, 1.807) is 17.8 Å². The maximum absolute atomic E-state index is 14.9. The highest BCUT2D eigenvalue weighted by molar-refractivity contribution is 8.02. The summed E-state index contributed by atoms with van der Waals surface area (Å²) in [4.78, 5) is 46.5. The predicted octanol–water partition coefficient (Wildman–Crippen LogP) is 5.62. The Labute approximate surface area is 252 Å². The molecule has 0 aromatic rings. The van der Waals surface area contributed by atoms with Crippen molar-refractivity contribution >= 4 is 29.5 Å². The van der Waals surface area contributed by atoms with Gasteiger partial charge in [0.05, 0.1) is 23.2 Å². The molecule has 0 saturated carbocycles. The number of amides is 2. The van der Waals surface area contributed by atoms with Crippen LogP contribution in [0.3, 0.4) is 0 Å².